The molecular weight excluding hydrogens is 224 g/mol. The lowest BCUT2D eigenvalue weighted by atomic mass is 9.95. The van der Waals surface area contributed by atoms with Crippen LogP contribution in [0.5, 0.6) is 0 Å². The number of likely N-dealkylation sites (N-methyl/N-ethyl adjacent to an activating group) is 1. The van der Waals surface area contributed by atoms with Crippen molar-refractivity contribution in [1.82, 2.24) is 9.47 Å². The molecule has 0 bridgehead atoms. The monoisotopic (exact) mass is 248 g/mol. The van der Waals surface area contributed by atoms with Gasteiger partial charge in [0.05, 0.1) is 6.10 Å². The maximum Gasteiger partial charge on any atom is 0.0807 e. The topological polar surface area (TPSA) is 28.4 Å². The van der Waals surface area contributed by atoms with E-state index in [1.54, 1.807) is 0 Å². The second-order valence-electron chi connectivity index (χ2n) is 5.96. The van der Waals surface area contributed by atoms with E-state index in [-0.39, 0.29) is 6.10 Å². The number of aryl methyl sites for hydroxylation is 1. The average Bonchev–Trinajstić information content (AvgIpc) is 3.13. The zero-order valence-corrected chi connectivity index (χ0v) is 11.5. The SMILES string of the molecule is Cc1cc2c(n1CCN(C)C1CC1)CCCC2O. The zero-order valence-electron chi connectivity index (χ0n) is 11.5. The highest BCUT2D eigenvalue weighted by Gasteiger charge is 2.27. The van der Waals surface area contributed by atoms with Crippen LogP contribution in [0, 0.1) is 6.92 Å². The molecule has 1 aromatic rings. The summed E-state index contributed by atoms with van der Waals surface area (Å²) in [6, 6.07) is 3.03. The smallest absolute Gasteiger partial charge is 0.0807 e. The number of aromatic nitrogens is 1. The Kier molecular flexibility index (Phi) is 3.20. The van der Waals surface area contributed by atoms with Crippen LogP contribution in [0.1, 0.15) is 48.7 Å². The Morgan fingerprint density at radius 3 is 2.89 bits per heavy atom. The highest BCUT2D eigenvalue weighted by atomic mass is 16.3. The van der Waals surface area contributed by atoms with Gasteiger partial charge in [0.2, 0.25) is 0 Å². The van der Waals surface area contributed by atoms with E-state index in [0.29, 0.717) is 0 Å². The van der Waals surface area contributed by atoms with Crippen molar-refractivity contribution in [2.75, 3.05) is 13.6 Å². The maximum absolute atomic E-state index is 10.1. The van der Waals surface area contributed by atoms with Crippen molar-refractivity contribution in [2.45, 2.75) is 57.7 Å². The van der Waals surface area contributed by atoms with Crippen LogP contribution in [0.3, 0.4) is 0 Å². The van der Waals surface area contributed by atoms with Gasteiger partial charge >= 0.3 is 0 Å². The number of hydrogen-bond acceptors (Lipinski definition) is 2. The van der Waals surface area contributed by atoms with E-state index in [0.717, 1.165) is 38.4 Å². The fourth-order valence-corrected chi connectivity index (χ4v) is 3.21. The van der Waals surface area contributed by atoms with Crippen molar-refractivity contribution < 1.29 is 5.11 Å². The van der Waals surface area contributed by atoms with Gasteiger partial charge in [-0.1, -0.05) is 0 Å². The van der Waals surface area contributed by atoms with Gasteiger partial charge in [-0.25, -0.2) is 0 Å². The molecule has 0 saturated heterocycles. The Hall–Kier alpha value is -0.800. The minimum atomic E-state index is -0.227. The lowest BCUT2D eigenvalue weighted by Crippen LogP contribution is -2.26. The average molecular weight is 248 g/mol. The standard InChI is InChI=1S/C15H24N2O/c1-11-10-13-14(4-3-5-15(13)18)17(11)9-8-16(2)12-6-7-12/h10,12,15,18H,3-9H2,1-2H3. The van der Waals surface area contributed by atoms with Gasteiger partial charge in [-0.2, -0.15) is 0 Å². The molecule has 1 aromatic heterocycles. The molecule has 3 rings (SSSR count). The molecule has 1 heterocycles. The van der Waals surface area contributed by atoms with Crippen molar-refractivity contribution in [3.8, 4) is 0 Å². The summed E-state index contributed by atoms with van der Waals surface area (Å²) in [6.45, 7) is 4.37. The number of nitrogens with zero attached hydrogens (tertiary/aromatic N) is 2. The van der Waals surface area contributed by atoms with Crippen LogP contribution in [0.4, 0.5) is 0 Å². The molecule has 0 spiro atoms. The number of fused-ring (bicyclic) bond motifs is 1. The first kappa shape index (κ1) is 12.2. The second kappa shape index (κ2) is 4.71. The molecule has 1 saturated carbocycles. The maximum atomic E-state index is 10.1. The number of aliphatic hydroxyl groups is 1. The van der Waals surface area contributed by atoms with E-state index in [1.165, 1.54) is 29.8 Å². The van der Waals surface area contributed by atoms with Crippen molar-refractivity contribution in [1.29, 1.82) is 0 Å². The molecule has 0 radical (unpaired) electrons. The summed E-state index contributed by atoms with van der Waals surface area (Å²) in [5, 5.41) is 10.1. The largest absolute Gasteiger partial charge is 0.388 e. The summed E-state index contributed by atoms with van der Waals surface area (Å²) in [5.41, 5.74) is 3.88. The first-order valence-electron chi connectivity index (χ1n) is 7.24. The molecule has 1 fully saturated rings. The fraction of sp³-hybridized carbons (Fsp3) is 0.733. The van der Waals surface area contributed by atoms with Crippen LogP contribution in [-0.2, 0) is 13.0 Å². The number of hydrogen-bond donors (Lipinski definition) is 1. The Labute approximate surface area is 109 Å². The van der Waals surface area contributed by atoms with Crippen LogP contribution in [0.15, 0.2) is 6.07 Å². The first-order chi connectivity index (χ1) is 8.66. The lowest BCUT2D eigenvalue weighted by Gasteiger charge is -2.22. The van der Waals surface area contributed by atoms with E-state index < -0.39 is 0 Å². The Balaban J connectivity index is 1.74. The highest BCUT2D eigenvalue weighted by Crippen LogP contribution is 2.32. The minimum absolute atomic E-state index is 0.227. The quantitative estimate of drug-likeness (QED) is 0.885. The van der Waals surface area contributed by atoms with Gasteiger partial charge in [-0.15, -0.1) is 0 Å². The summed E-state index contributed by atoms with van der Waals surface area (Å²) < 4.78 is 2.43. The van der Waals surface area contributed by atoms with Gasteiger partial charge < -0.3 is 14.6 Å². The Morgan fingerprint density at radius 2 is 2.17 bits per heavy atom. The third-order valence-corrected chi connectivity index (χ3v) is 4.55. The fourth-order valence-electron chi connectivity index (χ4n) is 3.21. The van der Waals surface area contributed by atoms with Crippen LogP contribution in [0.2, 0.25) is 0 Å². The second-order valence-corrected chi connectivity index (χ2v) is 5.96. The molecule has 100 valence electrons. The molecule has 0 amide bonds. The summed E-state index contributed by atoms with van der Waals surface area (Å²) in [5.74, 6) is 0. The van der Waals surface area contributed by atoms with E-state index >= 15 is 0 Å². The van der Waals surface area contributed by atoms with Crippen molar-refractivity contribution in [2.24, 2.45) is 0 Å². The highest BCUT2D eigenvalue weighted by molar-refractivity contribution is 5.31. The van der Waals surface area contributed by atoms with Crippen LogP contribution < -0.4 is 0 Å². The summed E-state index contributed by atoms with van der Waals surface area (Å²) in [4.78, 5) is 2.48. The number of aliphatic hydroxyl groups excluding tert-OH is 1. The van der Waals surface area contributed by atoms with Crippen molar-refractivity contribution in [3.63, 3.8) is 0 Å². The Morgan fingerprint density at radius 1 is 1.39 bits per heavy atom. The van der Waals surface area contributed by atoms with Gasteiger partial charge in [0.15, 0.2) is 0 Å². The molecule has 0 aliphatic heterocycles. The molecular formula is C15H24N2O. The third-order valence-electron chi connectivity index (χ3n) is 4.55. The molecule has 0 aromatic carbocycles. The van der Waals surface area contributed by atoms with Crippen LogP contribution in [-0.4, -0.2) is 34.2 Å². The van der Waals surface area contributed by atoms with Gasteiger partial charge in [0.1, 0.15) is 0 Å². The van der Waals surface area contributed by atoms with Crippen molar-refractivity contribution >= 4 is 0 Å². The molecule has 2 aliphatic carbocycles. The van der Waals surface area contributed by atoms with Crippen LogP contribution in [0.25, 0.3) is 0 Å². The normalized spacial score (nSPS) is 23.4. The molecule has 3 nitrogen and oxygen atoms in total. The molecule has 2 aliphatic rings. The van der Waals surface area contributed by atoms with E-state index in [2.05, 4.69) is 29.5 Å². The van der Waals surface area contributed by atoms with E-state index in [4.69, 9.17) is 0 Å². The predicted octanol–water partition coefficient (Wildman–Crippen LogP) is 2.26. The lowest BCUT2D eigenvalue weighted by molar-refractivity contribution is 0.155. The van der Waals surface area contributed by atoms with E-state index in [1.807, 2.05) is 0 Å². The molecule has 1 atom stereocenters. The van der Waals surface area contributed by atoms with Gasteiger partial charge in [-0.3, -0.25) is 0 Å². The summed E-state index contributed by atoms with van der Waals surface area (Å²) in [7, 11) is 2.23. The van der Waals surface area contributed by atoms with Gasteiger partial charge in [-0.05, 0) is 52.1 Å². The predicted molar refractivity (Wildman–Crippen MR) is 72.7 cm³/mol. The summed E-state index contributed by atoms with van der Waals surface area (Å²) >= 11 is 0. The van der Waals surface area contributed by atoms with Crippen molar-refractivity contribution in [3.05, 3.63) is 23.0 Å². The summed E-state index contributed by atoms with van der Waals surface area (Å²) in [6.07, 6.45) is 5.70. The van der Waals surface area contributed by atoms with Gasteiger partial charge in [0, 0.05) is 36.1 Å². The molecule has 18 heavy (non-hydrogen) atoms. The zero-order chi connectivity index (χ0) is 12.7. The van der Waals surface area contributed by atoms with E-state index in [9.17, 15) is 5.11 Å². The molecule has 1 unspecified atom stereocenters. The Bertz CT molecular complexity index is 434. The van der Waals surface area contributed by atoms with Gasteiger partial charge in [0.25, 0.3) is 0 Å². The minimum Gasteiger partial charge on any atom is -0.388 e. The third kappa shape index (κ3) is 2.21. The number of rotatable bonds is 4. The first-order valence-corrected chi connectivity index (χ1v) is 7.24. The molecule has 1 N–H and O–H groups in total. The molecule has 3 heteroatoms. The van der Waals surface area contributed by atoms with Crippen LogP contribution >= 0.6 is 0 Å².